The number of nitrogens with one attached hydrogen (secondary N) is 1. The summed E-state index contributed by atoms with van der Waals surface area (Å²) in [6.07, 6.45) is 8.62. The molecular weight excluding hydrogens is 330 g/mol. The number of aryl methyl sites for hydroxylation is 2. The normalized spacial score (nSPS) is 22.7. The molecule has 4 rings (SSSR count). The van der Waals surface area contributed by atoms with Gasteiger partial charge in [-0.05, 0) is 69.3 Å². The predicted molar refractivity (Wildman–Crippen MR) is 102 cm³/mol. The molecule has 0 aromatic carbocycles. The quantitative estimate of drug-likeness (QED) is 0.908. The van der Waals surface area contributed by atoms with Crippen molar-refractivity contribution in [2.75, 3.05) is 13.1 Å². The van der Waals surface area contributed by atoms with Gasteiger partial charge >= 0.3 is 0 Å². The number of rotatable bonds is 4. The molecule has 1 amide bonds. The van der Waals surface area contributed by atoms with Gasteiger partial charge in [-0.3, -0.25) is 9.69 Å². The largest absolute Gasteiger partial charge is 0.356 e. The van der Waals surface area contributed by atoms with E-state index in [2.05, 4.69) is 29.3 Å². The van der Waals surface area contributed by atoms with Gasteiger partial charge in [-0.1, -0.05) is 0 Å². The number of likely N-dealkylation sites (tertiary alicyclic amines) is 1. The number of hydrogen-bond acceptors (Lipinski definition) is 3. The van der Waals surface area contributed by atoms with E-state index in [9.17, 15) is 4.79 Å². The van der Waals surface area contributed by atoms with Crippen molar-refractivity contribution in [3.8, 4) is 0 Å². The van der Waals surface area contributed by atoms with E-state index in [1.807, 2.05) is 41.4 Å². The van der Waals surface area contributed by atoms with Crippen LogP contribution in [0.15, 0.2) is 30.6 Å². The third kappa shape index (κ3) is 3.40. The molecule has 0 bridgehead atoms. The summed E-state index contributed by atoms with van der Waals surface area (Å²) < 4.78 is 1.93. The Bertz CT molecular complexity index is 755. The van der Waals surface area contributed by atoms with Gasteiger partial charge in [-0.2, -0.15) is 0 Å². The van der Waals surface area contributed by atoms with Gasteiger partial charge in [0.1, 0.15) is 0 Å². The van der Waals surface area contributed by atoms with Gasteiger partial charge < -0.3 is 9.88 Å². The van der Waals surface area contributed by atoms with Gasteiger partial charge in [-0.25, -0.2) is 0 Å². The predicted octanol–water partition coefficient (Wildman–Crippen LogP) is 3.57. The van der Waals surface area contributed by atoms with Crippen LogP contribution in [0.5, 0.6) is 0 Å². The summed E-state index contributed by atoms with van der Waals surface area (Å²) in [5, 5.41) is 3.31. The third-order valence-electron chi connectivity index (χ3n) is 6.10. The van der Waals surface area contributed by atoms with Crippen LogP contribution >= 0.6 is 11.3 Å². The van der Waals surface area contributed by atoms with Gasteiger partial charge in [0, 0.05) is 41.8 Å². The summed E-state index contributed by atoms with van der Waals surface area (Å²) in [6.45, 7) is 5.55. The van der Waals surface area contributed by atoms with Crippen molar-refractivity contribution in [2.24, 2.45) is 12.5 Å². The highest BCUT2D eigenvalue weighted by Crippen LogP contribution is 2.49. The van der Waals surface area contributed by atoms with Crippen molar-refractivity contribution in [2.45, 2.75) is 45.2 Å². The van der Waals surface area contributed by atoms with Crippen LogP contribution in [0.3, 0.4) is 0 Å². The Morgan fingerprint density at radius 2 is 2.08 bits per heavy atom. The fourth-order valence-electron chi connectivity index (χ4n) is 4.35. The maximum atomic E-state index is 12.5. The third-order valence-corrected chi connectivity index (χ3v) is 7.08. The first-order chi connectivity index (χ1) is 12.0. The van der Waals surface area contributed by atoms with Crippen molar-refractivity contribution >= 4 is 17.2 Å². The maximum absolute atomic E-state index is 12.5. The first kappa shape index (κ1) is 16.9. The van der Waals surface area contributed by atoms with Crippen LogP contribution in [0.25, 0.3) is 0 Å². The Hall–Kier alpha value is -1.59. The van der Waals surface area contributed by atoms with Crippen molar-refractivity contribution in [3.63, 3.8) is 0 Å². The fraction of sp³-hybridized carbons (Fsp3) is 0.550. The monoisotopic (exact) mass is 357 g/mol. The van der Waals surface area contributed by atoms with E-state index in [0.29, 0.717) is 11.5 Å². The number of thiophene rings is 1. The molecule has 4 nitrogen and oxygen atoms in total. The Kier molecular flexibility index (Phi) is 4.46. The molecule has 5 heteroatoms. The number of piperidine rings is 1. The highest BCUT2D eigenvalue weighted by atomic mass is 32.1. The molecule has 25 heavy (non-hydrogen) atoms. The molecule has 1 aliphatic carbocycles. The Balaban J connectivity index is 1.32. The zero-order chi connectivity index (χ0) is 17.4. The topological polar surface area (TPSA) is 37.3 Å². The minimum atomic E-state index is 0.0844. The van der Waals surface area contributed by atoms with Crippen LogP contribution in [-0.2, 0) is 13.6 Å². The SMILES string of the molecule is Cc1ccc(CN2CCC3(CC[C@H]3NC(=O)c3ccn(C)c3)CC2)s1. The van der Waals surface area contributed by atoms with E-state index < -0.39 is 0 Å². The number of nitrogens with zero attached hydrogens (tertiary/aromatic N) is 2. The van der Waals surface area contributed by atoms with Gasteiger partial charge in [-0.15, -0.1) is 11.3 Å². The van der Waals surface area contributed by atoms with Crippen LogP contribution in [-0.4, -0.2) is 34.5 Å². The van der Waals surface area contributed by atoms with Crippen LogP contribution in [0, 0.1) is 12.3 Å². The van der Waals surface area contributed by atoms with Gasteiger partial charge in [0.05, 0.1) is 5.56 Å². The lowest BCUT2D eigenvalue weighted by Crippen LogP contribution is -2.59. The van der Waals surface area contributed by atoms with Crippen LogP contribution in [0.2, 0.25) is 0 Å². The summed E-state index contributed by atoms with van der Waals surface area (Å²) >= 11 is 1.91. The van der Waals surface area contributed by atoms with Gasteiger partial charge in [0.2, 0.25) is 0 Å². The number of hydrogen-bond donors (Lipinski definition) is 1. The van der Waals surface area contributed by atoms with Crippen LogP contribution in [0.1, 0.15) is 45.8 Å². The highest BCUT2D eigenvalue weighted by molar-refractivity contribution is 7.11. The number of amides is 1. The molecule has 3 heterocycles. The zero-order valence-electron chi connectivity index (χ0n) is 15.1. The first-order valence-corrected chi connectivity index (χ1v) is 10.1. The van der Waals surface area contributed by atoms with E-state index in [0.717, 1.165) is 31.6 Å². The summed E-state index contributed by atoms with van der Waals surface area (Å²) in [4.78, 5) is 17.9. The molecule has 1 saturated carbocycles. The van der Waals surface area contributed by atoms with Gasteiger partial charge in [0.15, 0.2) is 0 Å². The number of carbonyl (C=O) groups is 1. The molecule has 2 aromatic rings. The van der Waals surface area contributed by atoms with Crippen LogP contribution < -0.4 is 5.32 Å². The lowest BCUT2D eigenvalue weighted by atomic mass is 9.59. The average Bonchev–Trinajstić information content (AvgIpc) is 3.20. The minimum absolute atomic E-state index is 0.0844. The molecule has 0 unspecified atom stereocenters. The zero-order valence-corrected chi connectivity index (χ0v) is 15.9. The summed E-state index contributed by atoms with van der Waals surface area (Å²) in [7, 11) is 1.95. The standard InChI is InChI=1S/C20H27N3OS/c1-15-3-4-17(25-15)14-23-11-8-20(9-12-23)7-5-18(20)21-19(24)16-6-10-22(2)13-16/h3-4,6,10,13,18H,5,7-9,11-12,14H2,1-2H3,(H,21,24)/t18-/m1/s1. The second kappa shape index (κ2) is 6.61. The molecule has 1 atom stereocenters. The second-order valence-corrected chi connectivity index (χ2v) is 9.15. The van der Waals surface area contributed by atoms with E-state index in [1.54, 1.807) is 0 Å². The summed E-state index contributed by atoms with van der Waals surface area (Å²) in [6, 6.07) is 6.72. The molecule has 134 valence electrons. The summed E-state index contributed by atoms with van der Waals surface area (Å²) in [5.74, 6) is 0.0844. The molecule has 1 spiro atoms. The van der Waals surface area contributed by atoms with E-state index in [-0.39, 0.29) is 5.91 Å². The first-order valence-electron chi connectivity index (χ1n) is 9.25. The van der Waals surface area contributed by atoms with Gasteiger partial charge in [0.25, 0.3) is 5.91 Å². The van der Waals surface area contributed by atoms with Crippen molar-refractivity contribution < 1.29 is 4.79 Å². The molecule has 2 fully saturated rings. The summed E-state index contributed by atoms with van der Waals surface area (Å²) in [5.41, 5.74) is 1.11. The van der Waals surface area contributed by atoms with Crippen molar-refractivity contribution in [1.29, 1.82) is 0 Å². The number of aromatic nitrogens is 1. The van der Waals surface area contributed by atoms with Crippen molar-refractivity contribution in [1.82, 2.24) is 14.8 Å². The van der Waals surface area contributed by atoms with Crippen molar-refractivity contribution in [3.05, 3.63) is 45.9 Å². The Labute approximate surface area is 153 Å². The minimum Gasteiger partial charge on any atom is -0.356 e. The Morgan fingerprint density at radius 3 is 2.64 bits per heavy atom. The Morgan fingerprint density at radius 1 is 1.28 bits per heavy atom. The van der Waals surface area contributed by atoms with E-state index in [4.69, 9.17) is 0 Å². The van der Waals surface area contributed by atoms with E-state index in [1.165, 1.54) is 29.0 Å². The lowest BCUT2D eigenvalue weighted by Gasteiger charge is -2.54. The van der Waals surface area contributed by atoms with Crippen LogP contribution in [0.4, 0.5) is 0 Å². The highest BCUT2D eigenvalue weighted by Gasteiger charge is 2.48. The fourth-order valence-corrected chi connectivity index (χ4v) is 5.28. The molecule has 2 aliphatic rings. The number of carbonyl (C=O) groups excluding carboxylic acids is 1. The molecule has 1 saturated heterocycles. The lowest BCUT2D eigenvalue weighted by molar-refractivity contribution is -0.00686. The molecule has 2 aromatic heterocycles. The average molecular weight is 358 g/mol. The molecular formula is C20H27N3OS. The smallest absolute Gasteiger partial charge is 0.253 e. The van der Waals surface area contributed by atoms with E-state index >= 15 is 0 Å². The molecule has 0 radical (unpaired) electrons. The molecule has 1 aliphatic heterocycles. The second-order valence-electron chi connectivity index (χ2n) is 7.78. The molecule has 1 N–H and O–H groups in total. The maximum Gasteiger partial charge on any atom is 0.253 e.